The minimum absolute atomic E-state index is 0.0628. The Morgan fingerprint density at radius 1 is 1.22 bits per heavy atom. The monoisotopic (exact) mass is 512 g/mol. The third kappa shape index (κ3) is 5.65. The standard InChI is InChI=1S/C24H28N6O7/c1-14(2)21(32)34-13-24(28-29-25)19-18(35-23(3,4)36-19)20(37-24)30-11-10-16(27-22(30)33)26-17(31)12-15-8-6-5-7-9-15/h5-11,14,18-20H,12-13H2,1-4H3,(H,26,27,31,33)/t18-,19+,20-,24-/m1/s1. The maximum Gasteiger partial charge on any atom is 0.351 e. The zero-order valence-electron chi connectivity index (χ0n) is 20.9. The third-order valence-electron chi connectivity index (χ3n) is 5.87. The van der Waals surface area contributed by atoms with Gasteiger partial charge in [-0.1, -0.05) is 49.3 Å². The fourth-order valence-electron chi connectivity index (χ4n) is 4.19. The van der Waals surface area contributed by atoms with Crippen molar-refractivity contribution in [1.82, 2.24) is 9.55 Å². The quantitative estimate of drug-likeness (QED) is 0.244. The highest BCUT2D eigenvalue weighted by molar-refractivity contribution is 5.91. The maximum atomic E-state index is 13.0. The van der Waals surface area contributed by atoms with Crippen molar-refractivity contribution in [2.45, 2.75) is 64.1 Å². The number of anilines is 1. The molecule has 2 fully saturated rings. The number of carbonyl (C=O) groups excluding carboxylic acids is 2. The van der Waals surface area contributed by atoms with Crippen LogP contribution in [0.5, 0.6) is 0 Å². The van der Waals surface area contributed by atoms with E-state index in [1.165, 1.54) is 12.3 Å². The average Bonchev–Trinajstić information content (AvgIpc) is 3.30. The molecule has 4 atom stereocenters. The molecule has 2 aliphatic rings. The third-order valence-corrected chi connectivity index (χ3v) is 5.87. The first kappa shape index (κ1) is 26.3. The van der Waals surface area contributed by atoms with Crippen LogP contribution in [0.15, 0.2) is 52.5 Å². The van der Waals surface area contributed by atoms with Gasteiger partial charge in [0, 0.05) is 11.1 Å². The van der Waals surface area contributed by atoms with Gasteiger partial charge in [0.25, 0.3) is 0 Å². The highest BCUT2D eigenvalue weighted by atomic mass is 16.8. The van der Waals surface area contributed by atoms with Crippen molar-refractivity contribution in [3.63, 3.8) is 0 Å². The lowest BCUT2D eigenvalue weighted by atomic mass is 10.1. The molecule has 2 saturated heterocycles. The van der Waals surface area contributed by atoms with Crippen molar-refractivity contribution in [2.24, 2.45) is 11.0 Å². The summed E-state index contributed by atoms with van der Waals surface area (Å²) >= 11 is 0. The molecule has 0 bridgehead atoms. The molecule has 13 nitrogen and oxygen atoms in total. The molecule has 0 saturated carbocycles. The number of hydrogen-bond donors (Lipinski definition) is 1. The van der Waals surface area contributed by atoms with E-state index in [4.69, 9.17) is 18.9 Å². The van der Waals surface area contributed by atoms with Crippen LogP contribution in [0.3, 0.4) is 0 Å². The summed E-state index contributed by atoms with van der Waals surface area (Å²) in [5, 5.41) is 6.38. The normalized spacial score (nSPS) is 25.8. The van der Waals surface area contributed by atoms with Gasteiger partial charge in [-0.3, -0.25) is 14.2 Å². The zero-order chi connectivity index (χ0) is 26.8. The van der Waals surface area contributed by atoms with Gasteiger partial charge in [-0.15, -0.1) is 0 Å². The van der Waals surface area contributed by atoms with Gasteiger partial charge < -0.3 is 24.3 Å². The molecule has 37 heavy (non-hydrogen) atoms. The molecule has 0 aliphatic carbocycles. The van der Waals surface area contributed by atoms with Gasteiger partial charge in [0.1, 0.15) is 24.6 Å². The summed E-state index contributed by atoms with van der Waals surface area (Å²) in [7, 11) is 0. The van der Waals surface area contributed by atoms with Gasteiger partial charge in [-0.05, 0) is 31.0 Å². The molecule has 13 heteroatoms. The first-order chi connectivity index (χ1) is 17.5. The summed E-state index contributed by atoms with van der Waals surface area (Å²) in [5.74, 6) is -2.32. The SMILES string of the molecule is CC(C)C(=O)OC[C@@]1(N=[N+]=[N-])O[C@@H](n2ccc(NC(=O)Cc3ccccc3)nc2=O)[C@@H]2OC(C)(C)O[C@@H]21. The molecule has 3 heterocycles. The minimum atomic E-state index is -1.79. The van der Waals surface area contributed by atoms with Crippen molar-refractivity contribution in [2.75, 3.05) is 11.9 Å². The molecule has 2 aromatic rings. The van der Waals surface area contributed by atoms with E-state index in [1.54, 1.807) is 27.7 Å². The van der Waals surface area contributed by atoms with Crippen LogP contribution >= 0.6 is 0 Å². The number of rotatable bonds is 8. The Hall–Kier alpha value is -3.77. The Morgan fingerprint density at radius 2 is 1.95 bits per heavy atom. The summed E-state index contributed by atoms with van der Waals surface area (Å²) in [6.45, 7) is 6.20. The number of benzene rings is 1. The summed E-state index contributed by atoms with van der Waals surface area (Å²) in [5.41, 5.74) is 7.55. The van der Waals surface area contributed by atoms with Crippen molar-refractivity contribution in [1.29, 1.82) is 0 Å². The van der Waals surface area contributed by atoms with E-state index in [1.807, 2.05) is 30.3 Å². The lowest BCUT2D eigenvalue weighted by Crippen LogP contribution is -2.46. The highest BCUT2D eigenvalue weighted by Gasteiger charge is 2.64. The zero-order valence-corrected chi connectivity index (χ0v) is 20.9. The first-order valence-corrected chi connectivity index (χ1v) is 11.7. The van der Waals surface area contributed by atoms with Crippen LogP contribution in [-0.2, 0) is 35.0 Å². The molecule has 0 radical (unpaired) electrons. The molecule has 4 rings (SSSR count). The van der Waals surface area contributed by atoms with Crippen molar-refractivity contribution in [3.05, 3.63) is 69.1 Å². The molecule has 0 unspecified atom stereocenters. The number of esters is 1. The Bertz CT molecular complexity index is 1270. The number of azide groups is 1. The van der Waals surface area contributed by atoms with E-state index in [0.717, 1.165) is 10.1 Å². The number of hydrogen-bond acceptors (Lipinski definition) is 9. The van der Waals surface area contributed by atoms with E-state index in [9.17, 15) is 19.9 Å². The molecule has 1 aromatic carbocycles. The minimum Gasteiger partial charge on any atom is -0.462 e. The van der Waals surface area contributed by atoms with Gasteiger partial charge in [0.15, 0.2) is 12.0 Å². The summed E-state index contributed by atoms with van der Waals surface area (Å²) < 4.78 is 24.5. The lowest BCUT2D eigenvalue weighted by Gasteiger charge is -2.30. The van der Waals surface area contributed by atoms with E-state index < -0.39 is 54.1 Å². The van der Waals surface area contributed by atoms with Crippen LogP contribution in [0.1, 0.15) is 39.5 Å². The summed E-state index contributed by atoms with van der Waals surface area (Å²) in [6.07, 6.45) is -1.50. The number of carbonyl (C=O) groups is 2. The Balaban J connectivity index is 1.58. The largest absolute Gasteiger partial charge is 0.462 e. The second-order valence-electron chi connectivity index (χ2n) is 9.54. The molecule has 1 aromatic heterocycles. The van der Waals surface area contributed by atoms with Crippen LogP contribution in [-0.4, -0.2) is 51.8 Å². The lowest BCUT2D eigenvalue weighted by molar-refractivity contribution is -0.229. The predicted octanol–water partition coefficient (Wildman–Crippen LogP) is 2.68. The van der Waals surface area contributed by atoms with E-state index >= 15 is 0 Å². The highest BCUT2D eigenvalue weighted by Crippen LogP contribution is 2.48. The van der Waals surface area contributed by atoms with Crippen LogP contribution in [0, 0.1) is 5.92 Å². The molecular weight excluding hydrogens is 484 g/mol. The van der Waals surface area contributed by atoms with Gasteiger partial charge in [-0.25, -0.2) is 4.79 Å². The van der Waals surface area contributed by atoms with Crippen LogP contribution in [0.2, 0.25) is 0 Å². The number of aromatic nitrogens is 2. The second kappa shape index (κ2) is 10.3. The molecule has 0 spiro atoms. The van der Waals surface area contributed by atoms with E-state index in [-0.39, 0.29) is 18.1 Å². The number of fused-ring (bicyclic) bond motifs is 1. The summed E-state index contributed by atoms with van der Waals surface area (Å²) in [6, 6.07) is 10.6. The molecular formula is C24H28N6O7. The number of ether oxygens (including phenoxy) is 4. The Kier molecular flexibility index (Phi) is 7.32. The average molecular weight is 513 g/mol. The Labute approximate surface area is 212 Å². The number of amides is 1. The fourth-order valence-corrected chi connectivity index (χ4v) is 4.19. The molecule has 1 amide bonds. The van der Waals surface area contributed by atoms with E-state index in [0.29, 0.717) is 0 Å². The molecule has 196 valence electrons. The molecule has 1 N–H and O–H groups in total. The Morgan fingerprint density at radius 3 is 2.59 bits per heavy atom. The van der Waals surface area contributed by atoms with Gasteiger partial charge >= 0.3 is 11.7 Å². The maximum absolute atomic E-state index is 13.0. The van der Waals surface area contributed by atoms with Gasteiger partial charge in [0.2, 0.25) is 11.6 Å². The van der Waals surface area contributed by atoms with Gasteiger partial charge in [0.05, 0.1) is 12.3 Å². The molecule has 2 aliphatic heterocycles. The predicted molar refractivity (Wildman–Crippen MR) is 129 cm³/mol. The van der Waals surface area contributed by atoms with Crippen molar-refractivity contribution in [3.8, 4) is 0 Å². The summed E-state index contributed by atoms with van der Waals surface area (Å²) in [4.78, 5) is 44.3. The van der Waals surface area contributed by atoms with E-state index in [2.05, 4.69) is 20.3 Å². The van der Waals surface area contributed by atoms with Crippen LogP contribution < -0.4 is 11.0 Å². The van der Waals surface area contributed by atoms with Crippen LogP contribution in [0.25, 0.3) is 10.4 Å². The first-order valence-electron chi connectivity index (χ1n) is 11.7. The number of nitrogens with zero attached hydrogens (tertiary/aromatic N) is 5. The topological polar surface area (TPSA) is 167 Å². The van der Waals surface area contributed by atoms with Gasteiger partial charge in [-0.2, -0.15) is 4.98 Å². The van der Waals surface area contributed by atoms with Crippen molar-refractivity contribution < 1.29 is 28.5 Å². The number of nitrogens with one attached hydrogen (secondary N) is 1. The van der Waals surface area contributed by atoms with Crippen LogP contribution in [0.4, 0.5) is 5.82 Å². The smallest absolute Gasteiger partial charge is 0.351 e. The second-order valence-corrected chi connectivity index (χ2v) is 9.54. The fraction of sp³-hybridized carbons (Fsp3) is 0.500. The van der Waals surface area contributed by atoms with Crippen molar-refractivity contribution >= 4 is 17.7 Å².